The van der Waals surface area contributed by atoms with Crippen LogP contribution in [0, 0.1) is 5.82 Å². The first-order valence-corrected chi connectivity index (χ1v) is 5.25. The number of aromatic hydroxyl groups is 1. The normalized spacial score (nSPS) is 12.2. The average Bonchev–Trinajstić information content (AvgIpc) is 2.22. The van der Waals surface area contributed by atoms with E-state index in [0.29, 0.717) is 0 Å². The second-order valence-corrected chi connectivity index (χ2v) is 4.07. The third kappa shape index (κ3) is 2.93. The zero-order chi connectivity index (χ0) is 12.3. The van der Waals surface area contributed by atoms with Crippen LogP contribution in [0.1, 0.15) is 18.0 Å². The molecular weight excluding hydrogens is 281 g/mol. The molecule has 0 aromatic heterocycles. The monoisotopic (exact) mass is 291 g/mol. The van der Waals surface area contributed by atoms with Crippen molar-refractivity contribution in [1.82, 2.24) is 0 Å². The largest absolute Gasteiger partial charge is 0.506 e. The SMILES string of the molecule is COC(=O)C[C@@H](N)c1cc(F)cc(Br)c1O. The number of ether oxygens (including phenoxy) is 1. The predicted octanol–water partition coefficient (Wildman–Crippen LogP) is 1.86. The standard InChI is InChI=1S/C10H11BrFNO3/c1-16-9(14)4-8(13)6-2-5(12)3-7(11)10(6)15/h2-3,8,15H,4,13H2,1H3/t8-/m1/s1. The second-order valence-electron chi connectivity index (χ2n) is 3.21. The number of phenolic OH excluding ortho intramolecular Hbond substituents is 1. The highest BCUT2D eigenvalue weighted by Crippen LogP contribution is 2.33. The van der Waals surface area contributed by atoms with Crippen molar-refractivity contribution in [3.8, 4) is 5.75 Å². The smallest absolute Gasteiger partial charge is 0.307 e. The minimum absolute atomic E-state index is 0.125. The van der Waals surface area contributed by atoms with Gasteiger partial charge in [0.1, 0.15) is 11.6 Å². The molecule has 0 radical (unpaired) electrons. The molecule has 0 unspecified atom stereocenters. The quantitative estimate of drug-likeness (QED) is 0.834. The highest BCUT2D eigenvalue weighted by molar-refractivity contribution is 9.10. The van der Waals surface area contributed by atoms with Gasteiger partial charge in [-0.1, -0.05) is 0 Å². The van der Waals surface area contributed by atoms with Crippen molar-refractivity contribution in [3.05, 3.63) is 28.0 Å². The highest BCUT2D eigenvalue weighted by Gasteiger charge is 2.18. The fourth-order valence-corrected chi connectivity index (χ4v) is 1.69. The number of phenols is 1. The maximum absolute atomic E-state index is 13.1. The second kappa shape index (κ2) is 5.27. The van der Waals surface area contributed by atoms with Crippen molar-refractivity contribution in [3.63, 3.8) is 0 Å². The van der Waals surface area contributed by atoms with Crippen LogP contribution in [0.5, 0.6) is 5.75 Å². The summed E-state index contributed by atoms with van der Waals surface area (Å²) in [7, 11) is 1.23. The van der Waals surface area contributed by atoms with E-state index in [4.69, 9.17) is 5.73 Å². The van der Waals surface area contributed by atoms with Gasteiger partial charge in [0.15, 0.2) is 0 Å². The Hall–Kier alpha value is -1.14. The molecular formula is C10H11BrFNO3. The van der Waals surface area contributed by atoms with Crippen molar-refractivity contribution in [2.45, 2.75) is 12.5 Å². The Morgan fingerprint density at radius 2 is 2.31 bits per heavy atom. The van der Waals surface area contributed by atoms with Gasteiger partial charge in [-0.3, -0.25) is 4.79 Å². The highest BCUT2D eigenvalue weighted by atomic mass is 79.9. The molecule has 3 N–H and O–H groups in total. The molecule has 0 fully saturated rings. The first kappa shape index (κ1) is 12.9. The Balaban J connectivity index is 2.99. The topological polar surface area (TPSA) is 72.5 Å². The Morgan fingerprint density at radius 3 is 2.88 bits per heavy atom. The number of carbonyl (C=O) groups excluding carboxylic acids is 1. The third-order valence-corrected chi connectivity index (χ3v) is 2.68. The van der Waals surface area contributed by atoms with Crippen LogP contribution in [-0.4, -0.2) is 18.2 Å². The summed E-state index contributed by atoms with van der Waals surface area (Å²) in [5, 5.41) is 9.63. The summed E-state index contributed by atoms with van der Waals surface area (Å²) >= 11 is 2.99. The summed E-state index contributed by atoms with van der Waals surface area (Å²) in [5.41, 5.74) is 5.83. The summed E-state index contributed by atoms with van der Waals surface area (Å²) in [6.07, 6.45) is -0.125. The zero-order valence-electron chi connectivity index (χ0n) is 8.54. The Labute approximate surface area is 100 Å². The fourth-order valence-electron chi connectivity index (χ4n) is 1.24. The van der Waals surface area contributed by atoms with E-state index in [1.54, 1.807) is 0 Å². The molecule has 4 nitrogen and oxygen atoms in total. The molecule has 1 rings (SSSR count). The zero-order valence-corrected chi connectivity index (χ0v) is 10.1. The Kier molecular flexibility index (Phi) is 4.26. The van der Waals surface area contributed by atoms with E-state index in [-0.39, 0.29) is 22.2 Å². The van der Waals surface area contributed by atoms with E-state index in [0.717, 1.165) is 12.1 Å². The molecule has 1 atom stereocenters. The molecule has 0 aliphatic rings. The van der Waals surface area contributed by atoms with Gasteiger partial charge >= 0.3 is 5.97 Å². The van der Waals surface area contributed by atoms with Crippen molar-refractivity contribution >= 4 is 21.9 Å². The van der Waals surface area contributed by atoms with Gasteiger partial charge < -0.3 is 15.6 Å². The molecule has 0 bridgehead atoms. The number of nitrogens with two attached hydrogens (primary N) is 1. The minimum atomic E-state index is -0.806. The molecule has 88 valence electrons. The van der Waals surface area contributed by atoms with Crippen LogP contribution in [0.15, 0.2) is 16.6 Å². The van der Waals surface area contributed by atoms with Crippen LogP contribution >= 0.6 is 15.9 Å². The first-order chi connectivity index (χ1) is 7.45. The van der Waals surface area contributed by atoms with E-state index in [2.05, 4.69) is 20.7 Å². The maximum Gasteiger partial charge on any atom is 0.307 e. The molecule has 16 heavy (non-hydrogen) atoms. The lowest BCUT2D eigenvalue weighted by molar-refractivity contribution is -0.141. The van der Waals surface area contributed by atoms with Crippen LogP contribution in [0.3, 0.4) is 0 Å². The predicted molar refractivity (Wildman–Crippen MR) is 59.3 cm³/mol. The summed E-state index contributed by atoms with van der Waals surface area (Å²) in [6.45, 7) is 0. The number of benzene rings is 1. The Morgan fingerprint density at radius 1 is 1.69 bits per heavy atom. The minimum Gasteiger partial charge on any atom is -0.506 e. The van der Waals surface area contributed by atoms with Crippen molar-refractivity contribution < 1.29 is 19.0 Å². The molecule has 0 saturated carbocycles. The molecule has 0 heterocycles. The average molecular weight is 292 g/mol. The van der Waals surface area contributed by atoms with Crippen molar-refractivity contribution in [2.75, 3.05) is 7.11 Å². The molecule has 0 aliphatic heterocycles. The van der Waals surface area contributed by atoms with E-state index in [1.165, 1.54) is 7.11 Å². The molecule has 0 amide bonds. The lowest BCUT2D eigenvalue weighted by atomic mass is 10.0. The number of halogens is 2. The van der Waals surface area contributed by atoms with Gasteiger partial charge in [0, 0.05) is 11.6 Å². The van der Waals surface area contributed by atoms with Crippen LogP contribution in [0.4, 0.5) is 4.39 Å². The van der Waals surface area contributed by atoms with E-state index in [1.807, 2.05) is 0 Å². The van der Waals surface area contributed by atoms with Gasteiger partial charge in [-0.2, -0.15) is 0 Å². The number of esters is 1. The number of carbonyl (C=O) groups is 1. The van der Waals surface area contributed by atoms with Crippen molar-refractivity contribution in [2.24, 2.45) is 5.73 Å². The number of hydrogen-bond acceptors (Lipinski definition) is 4. The van der Waals surface area contributed by atoms with Crippen LogP contribution in [0.2, 0.25) is 0 Å². The molecule has 0 saturated heterocycles. The number of hydrogen-bond donors (Lipinski definition) is 2. The van der Waals surface area contributed by atoms with Gasteiger partial charge in [-0.05, 0) is 28.1 Å². The van der Waals surface area contributed by atoms with E-state index < -0.39 is 17.8 Å². The molecule has 1 aromatic carbocycles. The van der Waals surface area contributed by atoms with Gasteiger partial charge in [0.2, 0.25) is 0 Å². The summed E-state index contributed by atoms with van der Waals surface area (Å²) in [6, 6.07) is 1.40. The summed E-state index contributed by atoms with van der Waals surface area (Å²) < 4.78 is 17.7. The molecule has 0 spiro atoms. The van der Waals surface area contributed by atoms with Gasteiger partial charge in [0.05, 0.1) is 18.0 Å². The van der Waals surface area contributed by atoms with Gasteiger partial charge in [0.25, 0.3) is 0 Å². The van der Waals surface area contributed by atoms with Gasteiger partial charge in [-0.15, -0.1) is 0 Å². The molecule has 0 aliphatic carbocycles. The van der Waals surface area contributed by atoms with Crippen molar-refractivity contribution in [1.29, 1.82) is 0 Å². The van der Waals surface area contributed by atoms with Crippen LogP contribution in [-0.2, 0) is 9.53 Å². The number of rotatable bonds is 3. The summed E-state index contributed by atoms with van der Waals surface area (Å²) in [4.78, 5) is 11.0. The van der Waals surface area contributed by atoms with Gasteiger partial charge in [-0.25, -0.2) is 4.39 Å². The van der Waals surface area contributed by atoms with Crippen LogP contribution < -0.4 is 5.73 Å². The lowest BCUT2D eigenvalue weighted by Crippen LogP contribution is -2.16. The lowest BCUT2D eigenvalue weighted by Gasteiger charge is -2.13. The molecule has 6 heteroatoms. The van der Waals surface area contributed by atoms with E-state index >= 15 is 0 Å². The molecule has 1 aromatic rings. The third-order valence-electron chi connectivity index (χ3n) is 2.07. The summed E-state index contributed by atoms with van der Waals surface area (Å²) in [5.74, 6) is -1.23. The first-order valence-electron chi connectivity index (χ1n) is 4.46. The van der Waals surface area contributed by atoms with Crippen LogP contribution in [0.25, 0.3) is 0 Å². The maximum atomic E-state index is 13.1. The fraction of sp³-hybridized carbons (Fsp3) is 0.300. The number of methoxy groups -OCH3 is 1. The van der Waals surface area contributed by atoms with E-state index in [9.17, 15) is 14.3 Å². The Bertz CT molecular complexity index is 411.